The van der Waals surface area contributed by atoms with Crippen molar-refractivity contribution in [3.05, 3.63) is 54.4 Å². The van der Waals surface area contributed by atoms with Crippen molar-refractivity contribution in [1.82, 2.24) is 20.5 Å². The number of amides is 1. The summed E-state index contributed by atoms with van der Waals surface area (Å²) in [6, 6.07) is 11.6. The van der Waals surface area contributed by atoms with Crippen LogP contribution in [0.3, 0.4) is 0 Å². The first-order valence-corrected chi connectivity index (χ1v) is 8.16. The number of hydrogen-bond acceptors (Lipinski definition) is 3. The summed E-state index contributed by atoms with van der Waals surface area (Å²) in [6.07, 6.45) is 4.01. The highest BCUT2D eigenvalue weighted by molar-refractivity contribution is 5.86. The third-order valence-corrected chi connectivity index (χ3v) is 3.62. The van der Waals surface area contributed by atoms with Crippen LogP contribution in [0.25, 0.3) is 0 Å². The molecule has 0 saturated heterocycles. The van der Waals surface area contributed by atoms with E-state index in [1.165, 1.54) is 0 Å². The zero-order chi connectivity index (χ0) is 17.9. The summed E-state index contributed by atoms with van der Waals surface area (Å²) in [6.45, 7) is 2.20. The summed E-state index contributed by atoms with van der Waals surface area (Å²) < 4.78 is 7.18. The molecule has 1 heterocycles. The van der Waals surface area contributed by atoms with Gasteiger partial charge in [0.15, 0.2) is 5.96 Å². The minimum Gasteiger partial charge on any atom is -0.497 e. The summed E-state index contributed by atoms with van der Waals surface area (Å²) in [7, 11) is 3.31. The number of carbonyl (C=O) groups is 1. The molecule has 2 rings (SSSR count). The second-order valence-electron chi connectivity index (χ2n) is 5.40. The van der Waals surface area contributed by atoms with Gasteiger partial charge in [0.2, 0.25) is 5.91 Å². The van der Waals surface area contributed by atoms with Gasteiger partial charge < -0.3 is 25.3 Å². The van der Waals surface area contributed by atoms with Crippen molar-refractivity contribution in [2.24, 2.45) is 4.99 Å². The van der Waals surface area contributed by atoms with Crippen molar-refractivity contribution in [2.75, 3.05) is 27.2 Å². The third kappa shape index (κ3) is 6.58. The van der Waals surface area contributed by atoms with Gasteiger partial charge in [-0.15, -0.1) is 0 Å². The Morgan fingerprint density at radius 3 is 2.48 bits per heavy atom. The van der Waals surface area contributed by atoms with E-state index in [9.17, 15) is 4.79 Å². The molecule has 3 N–H and O–H groups in total. The quantitative estimate of drug-likeness (QED) is 0.493. The van der Waals surface area contributed by atoms with Crippen molar-refractivity contribution in [2.45, 2.75) is 13.1 Å². The maximum absolute atomic E-state index is 11.9. The second-order valence-corrected chi connectivity index (χ2v) is 5.40. The Hall–Kier alpha value is -2.96. The molecule has 0 spiro atoms. The number of aromatic nitrogens is 1. The smallest absolute Gasteiger partial charge is 0.239 e. The van der Waals surface area contributed by atoms with Crippen molar-refractivity contribution in [3.63, 3.8) is 0 Å². The molecule has 0 fully saturated rings. The number of carbonyl (C=O) groups excluding carboxylic acids is 1. The largest absolute Gasteiger partial charge is 0.497 e. The van der Waals surface area contributed by atoms with E-state index in [-0.39, 0.29) is 12.5 Å². The van der Waals surface area contributed by atoms with Gasteiger partial charge in [-0.2, -0.15) is 0 Å². The Bertz CT molecular complexity index is 665. The molecule has 1 aromatic heterocycles. The highest BCUT2D eigenvalue weighted by atomic mass is 16.5. The molecule has 0 aliphatic heterocycles. The Morgan fingerprint density at radius 1 is 1.12 bits per heavy atom. The fraction of sp³-hybridized carbons (Fsp3) is 0.333. The first-order chi connectivity index (χ1) is 12.2. The van der Waals surface area contributed by atoms with Crippen molar-refractivity contribution in [1.29, 1.82) is 0 Å². The van der Waals surface area contributed by atoms with E-state index in [4.69, 9.17) is 4.74 Å². The zero-order valence-corrected chi connectivity index (χ0v) is 14.7. The van der Waals surface area contributed by atoms with Gasteiger partial charge in [0.1, 0.15) is 5.75 Å². The monoisotopic (exact) mass is 343 g/mol. The van der Waals surface area contributed by atoms with Crippen LogP contribution in [0.4, 0.5) is 0 Å². The van der Waals surface area contributed by atoms with Crippen LogP contribution in [0.2, 0.25) is 0 Å². The number of nitrogens with one attached hydrogen (secondary N) is 3. The predicted molar refractivity (Wildman–Crippen MR) is 98.6 cm³/mol. The molecular formula is C18H25N5O2. The van der Waals surface area contributed by atoms with E-state index in [0.717, 1.165) is 24.4 Å². The fourth-order valence-corrected chi connectivity index (χ4v) is 2.21. The Labute approximate surface area is 148 Å². The van der Waals surface area contributed by atoms with Gasteiger partial charge in [0.25, 0.3) is 0 Å². The average molecular weight is 343 g/mol. The lowest BCUT2D eigenvalue weighted by Gasteiger charge is -2.12. The Morgan fingerprint density at radius 2 is 1.84 bits per heavy atom. The number of benzene rings is 1. The first-order valence-electron chi connectivity index (χ1n) is 8.16. The number of rotatable bonds is 8. The lowest BCUT2D eigenvalue weighted by atomic mass is 10.2. The van der Waals surface area contributed by atoms with Gasteiger partial charge in [-0.05, 0) is 29.8 Å². The number of aliphatic imine (C=N–C) groups is 1. The maximum atomic E-state index is 11.9. The highest BCUT2D eigenvalue weighted by Crippen LogP contribution is 2.10. The number of guanidine groups is 1. The van der Waals surface area contributed by atoms with Crippen LogP contribution in [0.5, 0.6) is 5.75 Å². The SMILES string of the molecule is CN=C(NCCn1cccc1)NCC(=O)NCc1ccc(OC)cc1. The molecule has 0 radical (unpaired) electrons. The maximum Gasteiger partial charge on any atom is 0.239 e. The van der Waals surface area contributed by atoms with Gasteiger partial charge in [-0.25, -0.2) is 0 Å². The van der Waals surface area contributed by atoms with Crippen LogP contribution >= 0.6 is 0 Å². The van der Waals surface area contributed by atoms with Crippen LogP contribution in [-0.2, 0) is 17.9 Å². The van der Waals surface area contributed by atoms with Gasteiger partial charge in [-0.1, -0.05) is 12.1 Å². The molecule has 0 bridgehead atoms. The summed E-state index contributed by atoms with van der Waals surface area (Å²) in [5.74, 6) is 1.31. The molecule has 7 nitrogen and oxygen atoms in total. The minimum absolute atomic E-state index is 0.0934. The summed E-state index contributed by atoms with van der Waals surface area (Å²) in [5.41, 5.74) is 1.02. The van der Waals surface area contributed by atoms with E-state index >= 15 is 0 Å². The fourth-order valence-electron chi connectivity index (χ4n) is 2.21. The van der Waals surface area contributed by atoms with Crippen LogP contribution in [0, 0.1) is 0 Å². The van der Waals surface area contributed by atoms with Gasteiger partial charge >= 0.3 is 0 Å². The molecular weight excluding hydrogens is 318 g/mol. The van der Waals surface area contributed by atoms with Crippen molar-refractivity contribution in [3.8, 4) is 5.75 Å². The molecule has 7 heteroatoms. The van der Waals surface area contributed by atoms with Crippen LogP contribution < -0.4 is 20.7 Å². The summed E-state index contributed by atoms with van der Waals surface area (Å²) in [5, 5.41) is 9.04. The molecule has 0 unspecified atom stereocenters. The molecule has 25 heavy (non-hydrogen) atoms. The lowest BCUT2D eigenvalue weighted by molar-refractivity contribution is -0.120. The number of nitrogens with zero attached hydrogens (tertiary/aromatic N) is 2. The number of methoxy groups -OCH3 is 1. The predicted octanol–water partition coefficient (Wildman–Crippen LogP) is 0.978. The third-order valence-electron chi connectivity index (χ3n) is 3.62. The first kappa shape index (κ1) is 18.4. The van der Waals surface area contributed by atoms with E-state index in [1.807, 2.05) is 48.8 Å². The van der Waals surface area contributed by atoms with Gasteiger partial charge in [0.05, 0.1) is 13.7 Å². The number of hydrogen-bond donors (Lipinski definition) is 3. The highest BCUT2D eigenvalue weighted by Gasteiger charge is 2.04. The van der Waals surface area contributed by atoms with Crippen LogP contribution in [0.15, 0.2) is 53.8 Å². The van der Waals surface area contributed by atoms with Crippen LogP contribution in [-0.4, -0.2) is 43.7 Å². The summed E-state index contributed by atoms with van der Waals surface area (Å²) in [4.78, 5) is 16.0. The minimum atomic E-state index is -0.0934. The molecule has 0 saturated carbocycles. The standard InChI is InChI=1S/C18H25N5O2/c1-19-18(20-9-12-23-10-3-4-11-23)22-14-17(24)21-13-15-5-7-16(25-2)8-6-15/h3-8,10-11H,9,12-14H2,1-2H3,(H,21,24)(H2,19,20,22). The Kier molecular flexibility index (Phi) is 7.37. The average Bonchev–Trinajstić information content (AvgIpc) is 3.16. The van der Waals surface area contributed by atoms with Crippen molar-refractivity contribution < 1.29 is 9.53 Å². The lowest BCUT2D eigenvalue weighted by Crippen LogP contribution is -2.43. The van der Waals surface area contributed by atoms with Gasteiger partial charge in [0, 0.05) is 39.1 Å². The van der Waals surface area contributed by atoms with E-state index in [1.54, 1.807) is 14.2 Å². The normalized spacial score (nSPS) is 11.0. The van der Waals surface area contributed by atoms with E-state index < -0.39 is 0 Å². The molecule has 134 valence electrons. The summed E-state index contributed by atoms with van der Waals surface area (Å²) >= 11 is 0. The topological polar surface area (TPSA) is 79.7 Å². The number of ether oxygens (including phenoxy) is 1. The van der Waals surface area contributed by atoms with E-state index in [0.29, 0.717) is 12.5 Å². The van der Waals surface area contributed by atoms with Gasteiger partial charge in [-0.3, -0.25) is 9.79 Å². The second kappa shape index (κ2) is 10.0. The van der Waals surface area contributed by atoms with Crippen LogP contribution in [0.1, 0.15) is 5.56 Å². The molecule has 0 aliphatic carbocycles. The zero-order valence-electron chi connectivity index (χ0n) is 14.7. The molecule has 0 aliphatic rings. The van der Waals surface area contributed by atoms with Crippen molar-refractivity contribution >= 4 is 11.9 Å². The molecule has 1 amide bonds. The molecule has 2 aromatic rings. The molecule has 0 atom stereocenters. The van der Waals surface area contributed by atoms with E-state index in [2.05, 4.69) is 25.5 Å². The Balaban J connectivity index is 1.64. The molecule has 1 aromatic carbocycles.